The molecule has 2 aromatic rings. The fourth-order valence-electron chi connectivity index (χ4n) is 4.25. The van der Waals surface area contributed by atoms with Crippen molar-refractivity contribution in [2.24, 2.45) is 5.73 Å². The number of carbonyl (C=O) groups is 2. The number of rotatable bonds is 12. The Morgan fingerprint density at radius 1 is 1.03 bits per heavy atom. The van der Waals surface area contributed by atoms with E-state index in [9.17, 15) is 9.59 Å². The Morgan fingerprint density at radius 3 is 2.35 bits per heavy atom. The summed E-state index contributed by atoms with van der Waals surface area (Å²) in [5.74, 6) is 0.995. The van der Waals surface area contributed by atoms with E-state index in [1.807, 2.05) is 36.4 Å². The van der Waals surface area contributed by atoms with Crippen LogP contribution in [0.2, 0.25) is 0 Å². The van der Waals surface area contributed by atoms with Gasteiger partial charge in [-0.25, -0.2) is 0 Å². The summed E-state index contributed by atoms with van der Waals surface area (Å²) < 4.78 is 11.0. The molecular formula is C28H40N2O4. The van der Waals surface area contributed by atoms with Crippen LogP contribution < -0.4 is 20.5 Å². The van der Waals surface area contributed by atoms with Gasteiger partial charge in [-0.3, -0.25) is 9.59 Å². The zero-order chi connectivity index (χ0) is 25.3. The first-order chi connectivity index (χ1) is 16.1. The maximum Gasteiger partial charge on any atom is 0.224 e. The van der Waals surface area contributed by atoms with E-state index in [2.05, 4.69) is 33.0 Å². The molecule has 34 heavy (non-hydrogen) atoms. The minimum Gasteiger partial charge on any atom is -0.497 e. The molecule has 3 N–H and O–H groups in total. The largest absolute Gasteiger partial charge is 0.497 e. The molecule has 0 aliphatic heterocycles. The van der Waals surface area contributed by atoms with Gasteiger partial charge >= 0.3 is 0 Å². The van der Waals surface area contributed by atoms with Crippen LogP contribution in [-0.2, 0) is 21.4 Å². The maximum atomic E-state index is 13.3. The summed E-state index contributed by atoms with van der Waals surface area (Å²) in [5, 5.41) is 3.12. The fourth-order valence-corrected chi connectivity index (χ4v) is 4.25. The first-order valence-corrected chi connectivity index (χ1v) is 12.0. The monoisotopic (exact) mass is 468 g/mol. The second-order valence-electron chi connectivity index (χ2n) is 9.83. The van der Waals surface area contributed by atoms with Gasteiger partial charge in [0.05, 0.1) is 20.6 Å². The van der Waals surface area contributed by atoms with Crippen LogP contribution in [0.3, 0.4) is 0 Å². The topological polar surface area (TPSA) is 90.7 Å². The molecule has 0 aromatic heterocycles. The molecule has 6 heteroatoms. The molecule has 0 saturated carbocycles. The number of nitrogens with two attached hydrogens (primary N) is 1. The van der Waals surface area contributed by atoms with Crippen LogP contribution in [0, 0.1) is 0 Å². The molecule has 2 aromatic carbocycles. The molecule has 0 fully saturated rings. The SMILES string of the molecule is CCCCCC(CC(=O)Nc1cc(CC(N)=O)ccc1C(C)(C)C)c1ccc(OC)cc1OC. The smallest absolute Gasteiger partial charge is 0.224 e. The van der Waals surface area contributed by atoms with Crippen LogP contribution in [0.25, 0.3) is 0 Å². The second-order valence-corrected chi connectivity index (χ2v) is 9.83. The minimum atomic E-state index is -0.400. The molecule has 2 rings (SSSR count). The van der Waals surface area contributed by atoms with Crippen LogP contribution in [-0.4, -0.2) is 26.0 Å². The van der Waals surface area contributed by atoms with Crippen molar-refractivity contribution >= 4 is 17.5 Å². The van der Waals surface area contributed by atoms with Crippen molar-refractivity contribution in [2.45, 2.75) is 77.6 Å². The van der Waals surface area contributed by atoms with E-state index >= 15 is 0 Å². The second kappa shape index (κ2) is 12.4. The predicted molar refractivity (Wildman–Crippen MR) is 138 cm³/mol. The zero-order valence-corrected chi connectivity index (χ0v) is 21.5. The molecule has 1 atom stereocenters. The van der Waals surface area contributed by atoms with Gasteiger partial charge in [0.25, 0.3) is 0 Å². The van der Waals surface area contributed by atoms with Crippen molar-refractivity contribution < 1.29 is 19.1 Å². The Kier molecular flexibility index (Phi) is 9.97. The molecule has 0 bridgehead atoms. The van der Waals surface area contributed by atoms with Gasteiger partial charge in [-0.15, -0.1) is 0 Å². The van der Waals surface area contributed by atoms with Crippen LogP contribution in [0.1, 0.15) is 82.4 Å². The molecule has 0 saturated heterocycles. The first-order valence-electron chi connectivity index (χ1n) is 12.0. The molecule has 2 amide bonds. The molecule has 0 aliphatic rings. The summed E-state index contributed by atoms with van der Waals surface area (Å²) in [6.45, 7) is 8.47. The van der Waals surface area contributed by atoms with Gasteiger partial charge in [0.2, 0.25) is 11.8 Å². The molecule has 1 unspecified atom stereocenters. The normalized spacial score (nSPS) is 12.2. The molecular weight excluding hydrogens is 428 g/mol. The summed E-state index contributed by atoms with van der Waals surface area (Å²) >= 11 is 0. The number of benzene rings is 2. The quantitative estimate of drug-likeness (QED) is 0.390. The number of nitrogens with one attached hydrogen (secondary N) is 1. The van der Waals surface area contributed by atoms with Gasteiger partial charge in [-0.05, 0) is 46.6 Å². The van der Waals surface area contributed by atoms with Crippen molar-refractivity contribution in [2.75, 3.05) is 19.5 Å². The maximum absolute atomic E-state index is 13.3. The van der Waals surface area contributed by atoms with Gasteiger partial charge in [0.15, 0.2) is 0 Å². The lowest BCUT2D eigenvalue weighted by Crippen LogP contribution is -2.21. The average molecular weight is 469 g/mol. The van der Waals surface area contributed by atoms with E-state index in [0.29, 0.717) is 6.42 Å². The molecule has 0 heterocycles. The van der Waals surface area contributed by atoms with Gasteiger partial charge in [-0.2, -0.15) is 0 Å². The van der Waals surface area contributed by atoms with Crippen molar-refractivity contribution in [1.29, 1.82) is 0 Å². The predicted octanol–water partition coefficient (Wildman–Crippen LogP) is 5.72. The lowest BCUT2D eigenvalue weighted by molar-refractivity contribution is -0.117. The van der Waals surface area contributed by atoms with Crippen LogP contribution in [0.5, 0.6) is 11.5 Å². The third-order valence-electron chi connectivity index (χ3n) is 6.01. The van der Waals surface area contributed by atoms with Gasteiger partial charge in [0.1, 0.15) is 11.5 Å². The Morgan fingerprint density at radius 2 is 1.76 bits per heavy atom. The number of hydrogen-bond acceptors (Lipinski definition) is 4. The van der Waals surface area contributed by atoms with Crippen LogP contribution >= 0.6 is 0 Å². The molecule has 0 spiro atoms. The standard InChI is InChI=1S/C28H40N2O4/c1-7-8-9-10-20(22-13-12-21(33-5)18-25(22)34-6)17-27(32)30-24-15-19(16-26(29)31)11-14-23(24)28(2,3)4/h11-15,18,20H,7-10,16-17H2,1-6H3,(H2,29,31)(H,30,32). The summed E-state index contributed by atoms with van der Waals surface area (Å²) in [5.41, 5.74) is 8.75. The summed E-state index contributed by atoms with van der Waals surface area (Å²) in [6.07, 6.45) is 4.61. The highest BCUT2D eigenvalue weighted by atomic mass is 16.5. The fraction of sp³-hybridized carbons (Fsp3) is 0.500. The highest BCUT2D eigenvalue weighted by molar-refractivity contribution is 5.92. The van der Waals surface area contributed by atoms with Crippen LogP contribution in [0.4, 0.5) is 5.69 Å². The number of carbonyl (C=O) groups excluding carboxylic acids is 2. The Bertz CT molecular complexity index is 979. The third kappa shape index (κ3) is 7.79. The molecule has 186 valence electrons. The van der Waals surface area contributed by atoms with Crippen molar-refractivity contribution in [3.8, 4) is 11.5 Å². The first kappa shape index (κ1) is 27.2. The van der Waals surface area contributed by atoms with Crippen molar-refractivity contribution in [3.05, 3.63) is 53.1 Å². The highest BCUT2D eigenvalue weighted by Crippen LogP contribution is 2.36. The van der Waals surface area contributed by atoms with Gasteiger partial charge in [-0.1, -0.05) is 65.2 Å². The number of hydrogen-bond donors (Lipinski definition) is 2. The average Bonchev–Trinajstić information content (AvgIpc) is 2.77. The van der Waals surface area contributed by atoms with Gasteiger partial charge in [0, 0.05) is 18.2 Å². The Hall–Kier alpha value is -3.02. The number of amides is 2. The number of unbranched alkanes of at least 4 members (excludes halogenated alkanes) is 2. The van der Waals surface area contributed by atoms with Gasteiger partial charge < -0.3 is 20.5 Å². The van der Waals surface area contributed by atoms with Crippen LogP contribution in [0.15, 0.2) is 36.4 Å². The van der Waals surface area contributed by atoms with E-state index in [0.717, 1.165) is 59.6 Å². The number of methoxy groups -OCH3 is 2. The zero-order valence-electron chi connectivity index (χ0n) is 21.5. The van der Waals surface area contributed by atoms with E-state index in [-0.39, 0.29) is 23.7 Å². The molecule has 6 nitrogen and oxygen atoms in total. The van der Waals surface area contributed by atoms with E-state index in [1.54, 1.807) is 14.2 Å². The Labute approximate surface area is 204 Å². The number of primary amides is 1. The minimum absolute atomic E-state index is 0.0132. The highest BCUT2D eigenvalue weighted by Gasteiger charge is 2.23. The van der Waals surface area contributed by atoms with Crippen molar-refractivity contribution in [1.82, 2.24) is 0 Å². The summed E-state index contributed by atoms with van der Waals surface area (Å²) in [4.78, 5) is 24.7. The lowest BCUT2D eigenvalue weighted by Gasteiger charge is -2.25. The summed E-state index contributed by atoms with van der Waals surface area (Å²) in [6, 6.07) is 11.5. The van der Waals surface area contributed by atoms with Crippen molar-refractivity contribution in [3.63, 3.8) is 0 Å². The van der Waals surface area contributed by atoms with E-state index in [1.165, 1.54) is 0 Å². The van der Waals surface area contributed by atoms with E-state index < -0.39 is 5.91 Å². The lowest BCUT2D eigenvalue weighted by atomic mass is 9.84. The number of ether oxygens (including phenoxy) is 2. The molecule has 0 aliphatic carbocycles. The number of anilines is 1. The third-order valence-corrected chi connectivity index (χ3v) is 6.01. The molecule has 0 radical (unpaired) electrons. The Balaban J connectivity index is 2.33. The van der Waals surface area contributed by atoms with E-state index in [4.69, 9.17) is 15.2 Å². The summed E-state index contributed by atoms with van der Waals surface area (Å²) in [7, 11) is 3.26.